The van der Waals surface area contributed by atoms with Crippen molar-refractivity contribution in [2.24, 2.45) is 5.92 Å². The van der Waals surface area contributed by atoms with Crippen LogP contribution in [-0.4, -0.2) is 38.1 Å². The molecule has 3 aromatic rings. The van der Waals surface area contributed by atoms with Crippen LogP contribution >= 0.6 is 12.6 Å². The van der Waals surface area contributed by atoms with Crippen LogP contribution < -0.4 is 20.9 Å². The quantitative estimate of drug-likeness (QED) is 0.110. The summed E-state index contributed by atoms with van der Waals surface area (Å²) in [7, 11) is 0. The fraction of sp³-hybridized carbons (Fsp3) is 0.343. The Morgan fingerprint density at radius 2 is 1.59 bits per heavy atom. The average molecular weight is 569 g/mol. The van der Waals surface area contributed by atoms with Crippen molar-refractivity contribution in [3.05, 3.63) is 108 Å². The Morgan fingerprint density at radius 1 is 0.927 bits per heavy atom. The second-order valence-corrected chi connectivity index (χ2v) is 12.2. The average Bonchev–Trinajstić information content (AvgIpc) is 2.97. The number of hydrogen-bond donors (Lipinski definition) is 4. The van der Waals surface area contributed by atoms with E-state index in [0.29, 0.717) is 6.54 Å². The normalized spacial score (nSPS) is 15.0. The zero-order valence-corrected chi connectivity index (χ0v) is 25.7. The zero-order valence-electron chi connectivity index (χ0n) is 24.8. The van der Waals surface area contributed by atoms with Crippen LogP contribution in [0, 0.1) is 12.8 Å². The largest absolute Gasteiger partial charge is 0.326 e. The number of anilines is 2. The Labute approximate surface area is 251 Å². The van der Waals surface area contributed by atoms with E-state index in [0.717, 1.165) is 54.4 Å². The van der Waals surface area contributed by atoms with Gasteiger partial charge in [-0.15, -0.1) is 0 Å². The summed E-state index contributed by atoms with van der Waals surface area (Å²) in [5.74, 6) is 1.06. The first-order valence-electron chi connectivity index (χ1n) is 14.5. The molecule has 1 atom stereocenters. The molecule has 2 amide bonds. The summed E-state index contributed by atoms with van der Waals surface area (Å²) < 4.78 is 0. The Balaban J connectivity index is 1.47. The first kappa shape index (κ1) is 30.6. The third kappa shape index (κ3) is 9.09. The molecule has 0 aromatic heterocycles. The van der Waals surface area contributed by atoms with Gasteiger partial charge in [0.15, 0.2) is 0 Å². The monoisotopic (exact) mass is 568 g/mol. The first-order valence-corrected chi connectivity index (χ1v) is 15.1. The molecule has 4 rings (SSSR count). The Kier molecular flexibility index (Phi) is 10.9. The van der Waals surface area contributed by atoms with Crippen molar-refractivity contribution >= 4 is 30.0 Å². The van der Waals surface area contributed by atoms with Gasteiger partial charge in [0.1, 0.15) is 0 Å². The van der Waals surface area contributed by atoms with E-state index in [1.807, 2.05) is 36.1 Å². The number of thiol groups is 1. The standard InChI is InChI=1S/C35H44N4OS/c1-26-5-17-32(18-6-26)38-34(40)39(24-28-9-7-27(8-10-28)23-37-25-36-21-22-41)33-19-13-30(14-20-33)29-11-15-31(16-12-29)35(2,3)4/h5-9,11-20,28,36-37,41H,10,21-25H2,1-4H3,(H,38,40). The Hall–Kier alpha value is -3.32. The fourth-order valence-corrected chi connectivity index (χ4v) is 4.96. The van der Waals surface area contributed by atoms with Crippen molar-refractivity contribution < 1.29 is 4.79 Å². The maximum absolute atomic E-state index is 13.6. The van der Waals surface area contributed by atoms with Gasteiger partial charge in [-0.05, 0) is 71.2 Å². The predicted molar refractivity (Wildman–Crippen MR) is 178 cm³/mol. The van der Waals surface area contributed by atoms with Crippen LogP contribution in [0.25, 0.3) is 11.1 Å². The van der Waals surface area contributed by atoms with Gasteiger partial charge in [0.25, 0.3) is 0 Å². The molecule has 0 fully saturated rings. The predicted octanol–water partition coefficient (Wildman–Crippen LogP) is 7.57. The van der Waals surface area contributed by atoms with Crippen LogP contribution in [0.2, 0.25) is 0 Å². The van der Waals surface area contributed by atoms with E-state index in [1.54, 1.807) is 0 Å². The van der Waals surface area contributed by atoms with Crippen molar-refractivity contribution in [1.82, 2.24) is 10.6 Å². The molecule has 3 aromatic carbocycles. The smallest absolute Gasteiger partial charge is 0.308 e. The third-order valence-corrected chi connectivity index (χ3v) is 7.58. The second kappa shape index (κ2) is 14.5. The minimum absolute atomic E-state index is 0.122. The molecule has 216 valence electrons. The molecular formula is C35H44N4OS. The number of rotatable bonds is 11. The van der Waals surface area contributed by atoms with Crippen molar-refractivity contribution in [2.75, 3.05) is 42.3 Å². The fourth-order valence-electron chi connectivity index (χ4n) is 4.80. The lowest BCUT2D eigenvalue weighted by atomic mass is 9.86. The van der Waals surface area contributed by atoms with Crippen molar-refractivity contribution in [2.45, 2.75) is 39.5 Å². The molecule has 0 radical (unpaired) electrons. The zero-order chi connectivity index (χ0) is 29.2. The molecule has 41 heavy (non-hydrogen) atoms. The van der Waals surface area contributed by atoms with Crippen LogP contribution in [0.3, 0.4) is 0 Å². The third-order valence-electron chi connectivity index (χ3n) is 7.36. The van der Waals surface area contributed by atoms with Crippen LogP contribution in [0.1, 0.15) is 38.3 Å². The van der Waals surface area contributed by atoms with Crippen LogP contribution in [-0.2, 0) is 5.41 Å². The topological polar surface area (TPSA) is 56.4 Å². The van der Waals surface area contributed by atoms with Crippen molar-refractivity contribution in [3.8, 4) is 11.1 Å². The molecule has 6 heteroatoms. The van der Waals surface area contributed by atoms with Gasteiger partial charge in [0.05, 0.1) is 0 Å². The Morgan fingerprint density at radius 3 is 2.17 bits per heavy atom. The van der Waals surface area contributed by atoms with E-state index in [9.17, 15) is 4.79 Å². The minimum atomic E-state index is -0.128. The number of nitrogens with one attached hydrogen (secondary N) is 3. The number of benzene rings is 3. The maximum Gasteiger partial charge on any atom is 0.326 e. The highest BCUT2D eigenvalue weighted by Crippen LogP contribution is 2.29. The second-order valence-electron chi connectivity index (χ2n) is 11.7. The van der Waals surface area contributed by atoms with E-state index in [2.05, 4.69) is 116 Å². The molecule has 0 bridgehead atoms. The molecular weight excluding hydrogens is 524 g/mol. The van der Waals surface area contributed by atoms with Gasteiger partial charge in [-0.25, -0.2) is 4.79 Å². The lowest BCUT2D eigenvalue weighted by molar-refractivity contribution is 0.256. The molecule has 3 N–H and O–H groups in total. The summed E-state index contributed by atoms with van der Waals surface area (Å²) in [5.41, 5.74) is 7.84. The van der Waals surface area contributed by atoms with Gasteiger partial charge in [-0.2, -0.15) is 12.6 Å². The summed E-state index contributed by atoms with van der Waals surface area (Å²) >= 11 is 4.22. The molecule has 0 saturated heterocycles. The van der Waals surface area contributed by atoms with E-state index in [4.69, 9.17) is 0 Å². The SMILES string of the molecule is Cc1ccc(NC(=O)N(CC2C=CC(CNCNCCS)=CC2)c2ccc(-c3ccc(C(C)(C)C)cc3)cc2)cc1. The molecule has 0 aliphatic heterocycles. The number of allylic oxidation sites excluding steroid dienone is 1. The maximum atomic E-state index is 13.6. The van der Waals surface area contributed by atoms with Gasteiger partial charge < -0.3 is 16.0 Å². The van der Waals surface area contributed by atoms with E-state index in [1.165, 1.54) is 16.7 Å². The Bertz CT molecular complexity index is 1320. The highest BCUT2D eigenvalue weighted by atomic mass is 32.1. The number of urea groups is 1. The van der Waals surface area contributed by atoms with E-state index < -0.39 is 0 Å². The van der Waals surface area contributed by atoms with E-state index in [-0.39, 0.29) is 17.4 Å². The van der Waals surface area contributed by atoms with Gasteiger partial charge in [-0.1, -0.05) is 93.1 Å². The summed E-state index contributed by atoms with van der Waals surface area (Å²) in [5, 5.41) is 9.81. The number of carbonyl (C=O) groups excluding carboxylic acids is 1. The number of amides is 2. The summed E-state index contributed by atoms with van der Waals surface area (Å²) in [6.07, 6.45) is 7.58. The highest BCUT2D eigenvalue weighted by molar-refractivity contribution is 7.80. The summed E-state index contributed by atoms with van der Waals surface area (Å²) in [4.78, 5) is 15.5. The van der Waals surface area contributed by atoms with Gasteiger partial charge >= 0.3 is 6.03 Å². The number of aryl methyl sites for hydroxylation is 1. The van der Waals surface area contributed by atoms with Gasteiger partial charge in [0, 0.05) is 43.4 Å². The van der Waals surface area contributed by atoms with Crippen LogP contribution in [0.5, 0.6) is 0 Å². The van der Waals surface area contributed by atoms with Crippen molar-refractivity contribution in [1.29, 1.82) is 0 Å². The summed E-state index contributed by atoms with van der Waals surface area (Å²) in [6.45, 7) is 11.8. The van der Waals surface area contributed by atoms with Crippen molar-refractivity contribution in [3.63, 3.8) is 0 Å². The van der Waals surface area contributed by atoms with Crippen LogP contribution in [0.15, 0.2) is 96.6 Å². The molecule has 5 nitrogen and oxygen atoms in total. The van der Waals surface area contributed by atoms with Crippen LogP contribution in [0.4, 0.5) is 16.2 Å². The van der Waals surface area contributed by atoms with E-state index >= 15 is 0 Å². The molecule has 1 aliphatic carbocycles. The number of hydrogen-bond acceptors (Lipinski definition) is 4. The summed E-state index contributed by atoms with van der Waals surface area (Å²) in [6, 6.07) is 24.9. The minimum Gasteiger partial charge on any atom is -0.308 e. The lowest BCUT2D eigenvalue weighted by Crippen LogP contribution is -2.38. The number of nitrogens with zero attached hydrogens (tertiary/aromatic N) is 1. The molecule has 1 aliphatic rings. The van der Waals surface area contributed by atoms with Gasteiger partial charge in [0.2, 0.25) is 0 Å². The van der Waals surface area contributed by atoms with Gasteiger partial charge in [-0.3, -0.25) is 4.90 Å². The highest BCUT2D eigenvalue weighted by Gasteiger charge is 2.21. The molecule has 1 unspecified atom stereocenters. The molecule has 0 saturated carbocycles. The first-order chi connectivity index (χ1) is 19.7. The molecule has 0 heterocycles. The molecule has 0 spiro atoms. The lowest BCUT2D eigenvalue weighted by Gasteiger charge is -2.28. The number of carbonyl (C=O) groups is 1.